The highest BCUT2D eigenvalue weighted by Gasteiger charge is 2.24. The van der Waals surface area contributed by atoms with Gasteiger partial charge < -0.3 is 15.7 Å². The zero-order valence-electron chi connectivity index (χ0n) is 12.5. The quantitative estimate of drug-likeness (QED) is 0.677. The highest BCUT2D eigenvalue weighted by atomic mass is 16.4. The van der Waals surface area contributed by atoms with Crippen LogP contribution in [0.5, 0.6) is 0 Å². The highest BCUT2D eigenvalue weighted by Crippen LogP contribution is 2.23. The van der Waals surface area contributed by atoms with Crippen LogP contribution in [-0.2, 0) is 9.59 Å². The SMILES string of the molecule is O=C(O)/C=C/C(=O)NC1CCC(NC2CCCCC2)CC1. The van der Waals surface area contributed by atoms with Gasteiger partial charge in [0.15, 0.2) is 0 Å². The molecule has 0 aliphatic heterocycles. The third-order valence-corrected chi connectivity index (χ3v) is 4.53. The van der Waals surface area contributed by atoms with Gasteiger partial charge in [0.25, 0.3) is 0 Å². The molecule has 0 radical (unpaired) electrons. The molecule has 0 aromatic carbocycles. The van der Waals surface area contributed by atoms with E-state index in [1.807, 2.05) is 0 Å². The van der Waals surface area contributed by atoms with Crippen LogP contribution in [0.25, 0.3) is 0 Å². The number of carbonyl (C=O) groups excluding carboxylic acids is 1. The normalized spacial score (nSPS) is 27.6. The first-order chi connectivity index (χ1) is 10.1. The summed E-state index contributed by atoms with van der Waals surface area (Å²) >= 11 is 0. The van der Waals surface area contributed by atoms with Gasteiger partial charge in [-0.25, -0.2) is 4.79 Å². The fourth-order valence-corrected chi connectivity index (χ4v) is 3.40. The van der Waals surface area contributed by atoms with Crippen molar-refractivity contribution in [1.82, 2.24) is 10.6 Å². The van der Waals surface area contributed by atoms with E-state index in [1.165, 1.54) is 32.1 Å². The summed E-state index contributed by atoms with van der Waals surface area (Å²) in [6.45, 7) is 0. The van der Waals surface area contributed by atoms with Crippen LogP contribution in [0.4, 0.5) is 0 Å². The smallest absolute Gasteiger partial charge is 0.328 e. The number of hydrogen-bond acceptors (Lipinski definition) is 3. The summed E-state index contributed by atoms with van der Waals surface area (Å²) in [7, 11) is 0. The Hall–Kier alpha value is -1.36. The molecule has 2 rings (SSSR count). The van der Waals surface area contributed by atoms with Crippen molar-refractivity contribution < 1.29 is 14.7 Å². The lowest BCUT2D eigenvalue weighted by Gasteiger charge is -2.33. The molecule has 5 nitrogen and oxygen atoms in total. The molecule has 0 atom stereocenters. The van der Waals surface area contributed by atoms with E-state index in [9.17, 15) is 9.59 Å². The van der Waals surface area contributed by atoms with Crippen molar-refractivity contribution in [3.63, 3.8) is 0 Å². The molecular formula is C16H26N2O3. The van der Waals surface area contributed by atoms with Gasteiger partial charge in [0.05, 0.1) is 0 Å². The van der Waals surface area contributed by atoms with E-state index in [-0.39, 0.29) is 11.9 Å². The highest BCUT2D eigenvalue weighted by molar-refractivity contribution is 5.93. The Morgan fingerprint density at radius 1 is 0.810 bits per heavy atom. The maximum atomic E-state index is 11.5. The van der Waals surface area contributed by atoms with Crippen LogP contribution in [-0.4, -0.2) is 35.1 Å². The molecule has 2 fully saturated rings. The molecule has 21 heavy (non-hydrogen) atoms. The lowest BCUT2D eigenvalue weighted by atomic mass is 9.88. The molecule has 0 bridgehead atoms. The molecule has 5 heteroatoms. The minimum atomic E-state index is -1.09. The van der Waals surface area contributed by atoms with Crippen LogP contribution in [0, 0.1) is 0 Å². The molecule has 0 saturated heterocycles. The topological polar surface area (TPSA) is 78.4 Å². The first-order valence-electron chi connectivity index (χ1n) is 8.11. The zero-order chi connectivity index (χ0) is 15.1. The lowest BCUT2D eigenvalue weighted by molar-refractivity contribution is -0.131. The molecule has 0 heterocycles. The molecular weight excluding hydrogens is 268 g/mol. The third-order valence-electron chi connectivity index (χ3n) is 4.53. The van der Waals surface area contributed by atoms with Gasteiger partial charge in [-0.1, -0.05) is 19.3 Å². The fraction of sp³-hybridized carbons (Fsp3) is 0.750. The summed E-state index contributed by atoms with van der Waals surface area (Å²) in [5, 5.41) is 15.1. The molecule has 1 amide bonds. The number of rotatable bonds is 5. The number of nitrogens with one attached hydrogen (secondary N) is 2. The summed E-state index contributed by atoms with van der Waals surface area (Å²) in [6.07, 6.45) is 12.8. The van der Waals surface area contributed by atoms with Crippen molar-refractivity contribution >= 4 is 11.9 Å². The van der Waals surface area contributed by atoms with Crippen molar-refractivity contribution in [3.8, 4) is 0 Å². The van der Waals surface area contributed by atoms with E-state index in [4.69, 9.17) is 5.11 Å². The summed E-state index contributed by atoms with van der Waals surface area (Å²) in [5.74, 6) is -1.40. The molecule has 0 spiro atoms. The van der Waals surface area contributed by atoms with Gasteiger partial charge in [0.1, 0.15) is 0 Å². The van der Waals surface area contributed by atoms with Crippen LogP contribution in [0.2, 0.25) is 0 Å². The van der Waals surface area contributed by atoms with Gasteiger partial charge in [-0.2, -0.15) is 0 Å². The minimum absolute atomic E-state index is 0.181. The summed E-state index contributed by atoms with van der Waals surface area (Å²) in [6, 6.07) is 1.45. The molecule has 2 saturated carbocycles. The van der Waals surface area contributed by atoms with E-state index in [0.29, 0.717) is 12.1 Å². The first kappa shape index (κ1) is 16.0. The van der Waals surface area contributed by atoms with Gasteiger partial charge in [0.2, 0.25) is 5.91 Å². The first-order valence-corrected chi connectivity index (χ1v) is 8.11. The Kier molecular flexibility index (Phi) is 6.23. The molecule has 2 aliphatic rings. The number of aliphatic carboxylic acids is 1. The lowest BCUT2D eigenvalue weighted by Crippen LogP contribution is -2.45. The zero-order valence-corrected chi connectivity index (χ0v) is 12.5. The van der Waals surface area contributed by atoms with Gasteiger partial charge in [-0.05, 0) is 38.5 Å². The average Bonchev–Trinajstić information content (AvgIpc) is 2.48. The van der Waals surface area contributed by atoms with E-state index in [2.05, 4.69) is 10.6 Å². The number of carbonyl (C=O) groups is 2. The molecule has 0 aromatic heterocycles. The van der Waals surface area contributed by atoms with Crippen molar-refractivity contribution in [2.24, 2.45) is 0 Å². The second-order valence-electron chi connectivity index (χ2n) is 6.23. The maximum Gasteiger partial charge on any atom is 0.328 e. The Bertz CT molecular complexity index is 381. The van der Waals surface area contributed by atoms with Gasteiger partial charge in [0, 0.05) is 30.3 Å². The molecule has 3 N–H and O–H groups in total. The van der Waals surface area contributed by atoms with Crippen molar-refractivity contribution in [1.29, 1.82) is 0 Å². The Morgan fingerprint density at radius 3 is 2.00 bits per heavy atom. The standard InChI is InChI=1S/C16H26N2O3/c19-15(10-11-16(20)21)18-14-8-6-13(7-9-14)17-12-4-2-1-3-5-12/h10-14,17H,1-9H2,(H,18,19)(H,20,21)/b11-10+. The summed E-state index contributed by atoms with van der Waals surface area (Å²) in [5.41, 5.74) is 0. The second-order valence-corrected chi connectivity index (χ2v) is 6.23. The number of carboxylic acid groups (broad SMARTS) is 1. The number of amides is 1. The van der Waals surface area contributed by atoms with E-state index in [0.717, 1.165) is 37.8 Å². The predicted octanol–water partition coefficient (Wildman–Crippen LogP) is 1.98. The molecule has 0 aromatic rings. The molecule has 118 valence electrons. The van der Waals surface area contributed by atoms with E-state index in [1.54, 1.807) is 0 Å². The van der Waals surface area contributed by atoms with Crippen LogP contribution >= 0.6 is 0 Å². The maximum absolute atomic E-state index is 11.5. The van der Waals surface area contributed by atoms with Crippen molar-refractivity contribution in [3.05, 3.63) is 12.2 Å². The van der Waals surface area contributed by atoms with E-state index >= 15 is 0 Å². The predicted molar refractivity (Wildman–Crippen MR) is 81.0 cm³/mol. The molecule has 0 unspecified atom stereocenters. The number of hydrogen-bond donors (Lipinski definition) is 3. The van der Waals surface area contributed by atoms with Gasteiger partial charge in [-0.3, -0.25) is 4.79 Å². The van der Waals surface area contributed by atoms with Crippen molar-refractivity contribution in [2.75, 3.05) is 0 Å². The fourth-order valence-electron chi connectivity index (χ4n) is 3.40. The van der Waals surface area contributed by atoms with Gasteiger partial charge >= 0.3 is 5.97 Å². The third kappa shape index (κ3) is 5.87. The van der Waals surface area contributed by atoms with Crippen LogP contribution in [0.3, 0.4) is 0 Å². The summed E-state index contributed by atoms with van der Waals surface area (Å²) in [4.78, 5) is 21.9. The van der Waals surface area contributed by atoms with Crippen molar-refractivity contribution in [2.45, 2.75) is 75.9 Å². The number of carboxylic acids is 1. The Labute approximate surface area is 126 Å². The average molecular weight is 294 g/mol. The van der Waals surface area contributed by atoms with Crippen LogP contribution < -0.4 is 10.6 Å². The van der Waals surface area contributed by atoms with Crippen LogP contribution in [0.15, 0.2) is 12.2 Å². The van der Waals surface area contributed by atoms with Crippen LogP contribution in [0.1, 0.15) is 57.8 Å². The van der Waals surface area contributed by atoms with Gasteiger partial charge in [-0.15, -0.1) is 0 Å². The largest absolute Gasteiger partial charge is 0.478 e. The minimum Gasteiger partial charge on any atom is -0.478 e. The Morgan fingerprint density at radius 2 is 1.38 bits per heavy atom. The monoisotopic (exact) mass is 294 g/mol. The molecule has 2 aliphatic carbocycles. The second kappa shape index (κ2) is 8.17. The van der Waals surface area contributed by atoms with E-state index < -0.39 is 5.97 Å². The summed E-state index contributed by atoms with van der Waals surface area (Å²) < 4.78 is 0. The Balaban J connectivity index is 1.65.